The number of alkyl halides is 3. The molecule has 0 aliphatic carbocycles. The van der Waals surface area contributed by atoms with Crippen LogP contribution in [0.15, 0.2) is 48.7 Å². The molecular weight excluding hydrogens is 509 g/mol. The Bertz CT molecular complexity index is 1370. The van der Waals surface area contributed by atoms with E-state index in [0.29, 0.717) is 23.1 Å². The van der Waals surface area contributed by atoms with Crippen LogP contribution in [0.3, 0.4) is 0 Å². The Labute approximate surface area is 204 Å². The highest BCUT2D eigenvalue weighted by molar-refractivity contribution is 7.92. The van der Waals surface area contributed by atoms with Gasteiger partial charge in [0.25, 0.3) is 0 Å². The van der Waals surface area contributed by atoms with Crippen LogP contribution in [0.25, 0.3) is 0 Å². The summed E-state index contributed by atoms with van der Waals surface area (Å²) in [5.41, 5.74) is 5.39. The van der Waals surface area contributed by atoms with Crippen molar-refractivity contribution in [3.05, 3.63) is 70.4 Å². The first-order chi connectivity index (χ1) is 16.3. The molecule has 1 heterocycles. The minimum Gasteiger partial charge on any atom is -0.366 e. The van der Waals surface area contributed by atoms with Crippen molar-refractivity contribution in [1.29, 1.82) is 0 Å². The van der Waals surface area contributed by atoms with Gasteiger partial charge in [-0.15, -0.1) is 0 Å². The molecule has 3 rings (SSSR count). The molecule has 0 saturated carbocycles. The average Bonchev–Trinajstić information content (AvgIpc) is 2.76. The molecule has 0 aliphatic rings. The summed E-state index contributed by atoms with van der Waals surface area (Å²) < 4.78 is 65.2. The van der Waals surface area contributed by atoms with Gasteiger partial charge < -0.3 is 16.4 Å². The third-order valence-corrected chi connectivity index (χ3v) is 6.33. The highest BCUT2D eigenvalue weighted by Crippen LogP contribution is 2.34. The second-order valence-corrected chi connectivity index (χ2v) is 9.81. The Morgan fingerprint density at radius 2 is 1.91 bits per heavy atom. The van der Waals surface area contributed by atoms with Gasteiger partial charge in [-0.3, -0.25) is 9.10 Å². The number of nitrogens with one attached hydrogen (secondary N) is 2. The number of primary amides is 1. The van der Waals surface area contributed by atoms with Crippen LogP contribution < -0.4 is 20.7 Å². The average molecular weight is 529 g/mol. The third-order valence-electron chi connectivity index (χ3n) is 4.82. The standard InChI is InChI=1S/C21H20ClF3N6O3S/c1-31(35(2,33)34)14-5-3-4-12(8-14)10-27-19-16(21(23,24)25)11-28-20(30-19)29-13-6-7-15(18(26)32)17(22)9-13/h3-9,11H,10H2,1-2H3,(H2,26,32)(H2,27,28,29,30). The number of aromatic nitrogens is 2. The second-order valence-electron chi connectivity index (χ2n) is 7.39. The Balaban J connectivity index is 1.87. The fourth-order valence-electron chi connectivity index (χ4n) is 2.95. The number of amides is 1. The van der Waals surface area contributed by atoms with Crippen molar-refractivity contribution in [3.63, 3.8) is 0 Å². The zero-order valence-corrected chi connectivity index (χ0v) is 20.0. The maximum atomic E-state index is 13.5. The van der Waals surface area contributed by atoms with Crippen LogP contribution in [-0.2, 0) is 22.7 Å². The number of rotatable bonds is 8. The van der Waals surface area contributed by atoms with E-state index in [1.54, 1.807) is 18.2 Å². The van der Waals surface area contributed by atoms with Gasteiger partial charge in [0.1, 0.15) is 11.4 Å². The molecule has 186 valence electrons. The Morgan fingerprint density at radius 1 is 1.20 bits per heavy atom. The fourth-order valence-corrected chi connectivity index (χ4v) is 3.72. The molecule has 3 aromatic rings. The van der Waals surface area contributed by atoms with Crippen molar-refractivity contribution in [2.24, 2.45) is 5.73 Å². The molecule has 0 atom stereocenters. The molecule has 2 aromatic carbocycles. The van der Waals surface area contributed by atoms with Crippen LogP contribution in [-0.4, -0.2) is 37.6 Å². The number of nitrogens with two attached hydrogens (primary N) is 1. The van der Waals surface area contributed by atoms with Crippen molar-refractivity contribution in [3.8, 4) is 0 Å². The molecule has 0 unspecified atom stereocenters. The number of nitrogens with zero attached hydrogens (tertiary/aromatic N) is 3. The Morgan fingerprint density at radius 3 is 2.51 bits per heavy atom. The molecule has 0 saturated heterocycles. The van der Waals surface area contributed by atoms with Crippen molar-refractivity contribution in [1.82, 2.24) is 9.97 Å². The van der Waals surface area contributed by atoms with Crippen LogP contribution in [0.4, 0.5) is 36.3 Å². The summed E-state index contributed by atoms with van der Waals surface area (Å²) in [5, 5.41) is 5.41. The number of hydrogen-bond acceptors (Lipinski definition) is 7. The molecule has 14 heteroatoms. The molecule has 1 aromatic heterocycles. The van der Waals surface area contributed by atoms with E-state index in [2.05, 4.69) is 20.6 Å². The molecule has 0 radical (unpaired) electrons. The molecule has 0 bridgehead atoms. The van der Waals surface area contributed by atoms with E-state index in [9.17, 15) is 26.4 Å². The van der Waals surface area contributed by atoms with Crippen molar-refractivity contribution in [2.75, 3.05) is 28.2 Å². The SMILES string of the molecule is CN(c1cccc(CNc2nc(Nc3ccc(C(N)=O)c(Cl)c3)ncc2C(F)(F)F)c1)S(C)(=O)=O. The van der Waals surface area contributed by atoms with Crippen molar-refractivity contribution in [2.45, 2.75) is 12.7 Å². The minimum absolute atomic E-state index is 0.0479. The summed E-state index contributed by atoms with van der Waals surface area (Å²) in [5.74, 6) is -1.38. The van der Waals surface area contributed by atoms with Crippen LogP contribution in [0.2, 0.25) is 5.02 Å². The lowest BCUT2D eigenvalue weighted by atomic mass is 10.2. The number of benzene rings is 2. The van der Waals surface area contributed by atoms with Gasteiger partial charge in [-0.1, -0.05) is 23.7 Å². The smallest absolute Gasteiger partial charge is 0.366 e. The van der Waals surface area contributed by atoms with Crippen LogP contribution in [0.1, 0.15) is 21.5 Å². The minimum atomic E-state index is -4.73. The maximum absolute atomic E-state index is 13.5. The zero-order valence-electron chi connectivity index (χ0n) is 18.4. The number of halogens is 4. The quantitative estimate of drug-likeness (QED) is 0.403. The van der Waals surface area contributed by atoms with Gasteiger partial charge in [0.05, 0.1) is 22.5 Å². The van der Waals surface area contributed by atoms with Crippen LogP contribution in [0, 0.1) is 0 Å². The number of hydrogen-bond donors (Lipinski definition) is 3. The lowest BCUT2D eigenvalue weighted by Gasteiger charge is -2.18. The van der Waals surface area contributed by atoms with E-state index in [1.807, 2.05) is 0 Å². The fraction of sp³-hybridized carbons (Fsp3) is 0.190. The Kier molecular flexibility index (Phi) is 7.41. The number of anilines is 4. The van der Waals surface area contributed by atoms with E-state index >= 15 is 0 Å². The molecule has 1 amide bonds. The summed E-state index contributed by atoms with van der Waals surface area (Å²) in [4.78, 5) is 19.0. The van der Waals surface area contributed by atoms with Gasteiger partial charge in [0, 0.05) is 25.5 Å². The van der Waals surface area contributed by atoms with Gasteiger partial charge in [0.15, 0.2) is 0 Å². The van der Waals surface area contributed by atoms with Crippen molar-refractivity contribution >= 4 is 50.7 Å². The second kappa shape index (κ2) is 9.96. The lowest BCUT2D eigenvalue weighted by molar-refractivity contribution is -0.137. The summed E-state index contributed by atoms with van der Waals surface area (Å²) in [7, 11) is -2.14. The molecule has 4 N–H and O–H groups in total. The molecule has 9 nitrogen and oxygen atoms in total. The topological polar surface area (TPSA) is 130 Å². The number of sulfonamides is 1. The largest absolute Gasteiger partial charge is 0.421 e. The first kappa shape index (κ1) is 26.0. The van der Waals surface area contributed by atoms with Gasteiger partial charge in [0.2, 0.25) is 21.9 Å². The predicted molar refractivity (Wildman–Crippen MR) is 127 cm³/mol. The van der Waals surface area contributed by atoms with Gasteiger partial charge in [-0.25, -0.2) is 13.4 Å². The molecule has 0 spiro atoms. The highest BCUT2D eigenvalue weighted by Gasteiger charge is 2.35. The maximum Gasteiger partial charge on any atom is 0.421 e. The number of carbonyl (C=O) groups excluding carboxylic acids is 1. The summed E-state index contributed by atoms with van der Waals surface area (Å²) in [6.45, 7) is -0.0793. The van der Waals surface area contributed by atoms with E-state index in [1.165, 1.54) is 31.3 Å². The summed E-state index contributed by atoms with van der Waals surface area (Å²) in [6, 6.07) is 10.5. The molecular formula is C21H20ClF3N6O3S. The third kappa shape index (κ3) is 6.51. The lowest BCUT2D eigenvalue weighted by Crippen LogP contribution is -2.24. The summed E-state index contributed by atoms with van der Waals surface area (Å²) >= 11 is 6.00. The Hall–Kier alpha value is -3.58. The van der Waals surface area contributed by atoms with Gasteiger partial charge in [-0.05, 0) is 35.9 Å². The molecule has 0 fully saturated rings. The van der Waals surface area contributed by atoms with E-state index < -0.39 is 33.5 Å². The van der Waals surface area contributed by atoms with Crippen molar-refractivity contribution < 1.29 is 26.4 Å². The predicted octanol–water partition coefficient (Wildman–Crippen LogP) is 4.00. The van der Waals surface area contributed by atoms with Gasteiger partial charge >= 0.3 is 6.18 Å². The molecule has 0 aliphatic heterocycles. The van der Waals surface area contributed by atoms with E-state index in [0.717, 1.165) is 10.6 Å². The van der Waals surface area contributed by atoms with Crippen LogP contribution in [0.5, 0.6) is 0 Å². The number of carbonyl (C=O) groups is 1. The monoisotopic (exact) mass is 528 g/mol. The van der Waals surface area contributed by atoms with E-state index in [4.69, 9.17) is 17.3 Å². The first-order valence-electron chi connectivity index (χ1n) is 9.83. The van der Waals surface area contributed by atoms with E-state index in [-0.39, 0.29) is 23.1 Å². The van der Waals surface area contributed by atoms with Crippen LogP contribution >= 0.6 is 11.6 Å². The highest BCUT2D eigenvalue weighted by atomic mass is 35.5. The normalized spacial score (nSPS) is 11.7. The molecule has 35 heavy (non-hydrogen) atoms. The first-order valence-corrected chi connectivity index (χ1v) is 12.1. The van der Waals surface area contributed by atoms with Gasteiger partial charge in [-0.2, -0.15) is 18.2 Å². The zero-order chi connectivity index (χ0) is 26.0. The summed E-state index contributed by atoms with van der Waals surface area (Å²) in [6.07, 6.45) is -3.06.